The first-order valence-corrected chi connectivity index (χ1v) is 8.44. The Labute approximate surface area is 145 Å². The van der Waals surface area contributed by atoms with E-state index in [9.17, 15) is 9.18 Å². The molecule has 0 bridgehead atoms. The number of benzene rings is 1. The van der Waals surface area contributed by atoms with E-state index in [1.807, 2.05) is 4.90 Å². The Balaban J connectivity index is 1.41. The molecule has 1 atom stereocenters. The van der Waals surface area contributed by atoms with Crippen molar-refractivity contribution >= 4 is 11.6 Å². The molecular formula is C17H22FN5O2. The number of amides is 1. The summed E-state index contributed by atoms with van der Waals surface area (Å²) in [6.45, 7) is 2.26. The number of aliphatic hydroxyl groups is 1. The lowest BCUT2D eigenvalue weighted by Crippen LogP contribution is -2.33. The zero-order valence-corrected chi connectivity index (χ0v) is 13.9. The van der Waals surface area contributed by atoms with Crippen molar-refractivity contribution in [3.05, 3.63) is 42.0 Å². The molecule has 1 aromatic heterocycles. The second-order valence-electron chi connectivity index (χ2n) is 6.16. The smallest absolute Gasteiger partial charge is 0.224 e. The third-order valence-electron chi connectivity index (χ3n) is 4.36. The van der Waals surface area contributed by atoms with E-state index in [4.69, 9.17) is 5.11 Å². The van der Waals surface area contributed by atoms with Crippen LogP contribution in [0.3, 0.4) is 0 Å². The van der Waals surface area contributed by atoms with Gasteiger partial charge >= 0.3 is 0 Å². The highest BCUT2D eigenvalue weighted by molar-refractivity contribution is 5.80. The lowest BCUT2D eigenvalue weighted by atomic mass is 10.1. The minimum Gasteiger partial charge on any atom is -0.390 e. The summed E-state index contributed by atoms with van der Waals surface area (Å²) in [4.78, 5) is 14.2. The van der Waals surface area contributed by atoms with Gasteiger partial charge in [0.15, 0.2) is 0 Å². The first-order chi connectivity index (χ1) is 12.2. The highest BCUT2D eigenvalue weighted by Gasteiger charge is 2.29. The summed E-state index contributed by atoms with van der Waals surface area (Å²) in [5.41, 5.74) is 1.09. The number of nitrogens with zero attached hydrogens (tertiary/aromatic N) is 4. The Morgan fingerprint density at radius 1 is 1.40 bits per heavy atom. The maximum Gasteiger partial charge on any atom is 0.224 e. The zero-order valence-electron chi connectivity index (χ0n) is 13.9. The van der Waals surface area contributed by atoms with Crippen LogP contribution in [0, 0.1) is 11.7 Å². The molecule has 2 aromatic rings. The molecule has 2 N–H and O–H groups in total. The van der Waals surface area contributed by atoms with Gasteiger partial charge in [0.05, 0.1) is 24.4 Å². The molecule has 1 saturated heterocycles. The molecule has 1 aromatic carbocycles. The first kappa shape index (κ1) is 17.3. The Kier molecular flexibility index (Phi) is 5.60. The summed E-state index contributed by atoms with van der Waals surface area (Å²) in [5.74, 6) is -0.362. The van der Waals surface area contributed by atoms with Gasteiger partial charge in [-0.25, -0.2) is 4.39 Å². The van der Waals surface area contributed by atoms with Crippen LogP contribution < -0.4 is 10.2 Å². The predicted octanol–water partition coefficient (Wildman–Crippen LogP) is 0.942. The van der Waals surface area contributed by atoms with E-state index in [1.54, 1.807) is 29.1 Å². The first-order valence-electron chi connectivity index (χ1n) is 8.44. The van der Waals surface area contributed by atoms with Crippen molar-refractivity contribution < 1.29 is 14.3 Å². The number of hydrogen-bond acceptors (Lipinski definition) is 5. The van der Waals surface area contributed by atoms with Crippen molar-refractivity contribution in [3.8, 4) is 0 Å². The summed E-state index contributed by atoms with van der Waals surface area (Å²) in [6, 6.07) is 6.65. The van der Waals surface area contributed by atoms with E-state index in [0.29, 0.717) is 37.6 Å². The van der Waals surface area contributed by atoms with Crippen LogP contribution >= 0.6 is 0 Å². The predicted molar refractivity (Wildman–Crippen MR) is 90.3 cm³/mol. The maximum absolute atomic E-state index is 13.8. The van der Waals surface area contributed by atoms with Gasteiger partial charge in [0.25, 0.3) is 0 Å². The quantitative estimate of drug-likeness (QED) is 0.729. The molecule has 0 spiro atoms. The van der Waals surface area contributed by atoms with Crippen molar-refractivity contribution in [3.63, 3.8) is 0 Å². The van der Waals surface area contributed by atoms with Crippen LogP contribution in [0.15, 0.2) is 30.5 Å². The molecule has 1 aliphatic heterocycles. The molecule has 8 heteroatoms. The molecule has 25 heavy (non-hydrogen) atoms. The summed E-state index contributed by atoms with van der Waals surface area (Å²) in [6.07, 6.45) is 3.14. The van der Waals surface area contributed by atoms with Crippen molar-refractivity contribution in [1.82, 2.24) is 20.3 Å². The number of aromatic nitrogens is 3. The van der Waals surface area contributed by atoms with Crippen LogP contribution in [0.1, 0.15) is 18.5 Å². The number of carbonyl (C=O) groups is 1. The number of hydrogen-bond donors (Lipinski definition) is 2. The SMILES string of the molecule is O=C(NCCCn1cc(CO)nn1)C1CCN(c2ccccc2F)C1. The minimum atomic E-state index is -0.251. The fourth-order valence-corrected chi connectivity index (χ4v) is 3.02. The maximum atomic E-state index is 13.8. The van der Waals surface area contributed by atoms with Crippen LogP contribution in [0.4, 0.5) is 10.1 Å². The van der Waals surface area contributed by atoms with Gasteiger partial charge in [0.1, 0.15) is 11.5 Å². The van der Waals surface area contributed by atoms with Crippen LogP contribution in [0.25, 0.3) is 0 Å². The van der Waals surface area contributed by atoms with Crippen LogP contribution in [0.2, 0.25) is 0 Å². The summed E-state index contributed by atoms with van der Waals surface area (Å²) < 4.78 is 15.5. The molecule has 0 radical (unpaired) electrons. The molecule has 1 amide bonds. The number of aliphatic hydroxyl groups excluding tert-OH is 1. The van der Waals surface area contributed by atoms with E-state index in [-0.39, 0.29) is 24.2 Å². The van der Waals surface area contributed by atoms with Gasteiger partial charge in [0, 0.05) is 26.2 Å². The molecule has 7 nitrogen and oxygen atoms in total. The van der Waals surface area contributed by atoms with Crippen molar-refractivity contribution in [1.29, 1.82) is 0 Å². The molecule has 2 heterocycles. The van der Waals surface area contributed by atoms with E-state index >= 15 is 0 Å². The van der Waals surface area contributed by atoms with Gasteiger partial charge in [-0.2, -0.15) is 0 Å². The average Bonchev–Trinajstić information content (AvgIpc) is 3.28. The molecule has 1 aliphatic rings. The number of para-hydroxylation sites is 1. The fraction of sp³-hybridized carbons (Fsp3) is 0.471. The molecule has 0 saturated carbocycles. The van der Waals surface area contributed by atoms with Gasteiger partial charge in [-0.3, -0.25) is 9.48 Å². The Morgan fingerprint density at radius 3 is 3.00 bits per heavy atom. The minimum absolute atomic E-state index is 0.00785. The number of rotatable bonds is 7. The molecular weight excluding hydrogens is 325 g/mol. The fourth-order valence-electron chi connectivity index (χ4n) is 3.02. The third-order valence-corrected chi connectivity index (χ3v) is 4.36. The standard InChI is InChI=1S/C17H22FN5O2/c18-15-4-1-2-5-16(15)22-9-6-13(10-22)17(25)19-7-3-8-23-11-14(12-24)20-21-23/h1-2,4-5,11,13,24H,3,6-10,12H2,(H,19,25). The van der Waals surface area contributed by atoms with E-state index < -0.39 is 0 Å². The Morgan fingerprint density at radius 2 is 2.24 bits per heavy atom. The van der Waals surface area contributed by atoms with Crippen molar-refractivity contribution in [2.75, 3.05) is 24.5 Å². The van der Waals surface area contributed by atoms with E-state index in [1.165, 1.54) is 6.07 Å². The van der Waals surface area contributed by atoms with Crippen LogP contribution in [-0.4, -0.2) is 45.6 Å². The van der Waals surface area contributed by atoms with Gasteiger partial charge in [-0.05, 0) is 25.0 Å². The molecule has 1 fully saturated rings. The highest BCUT2D eigenvalue weighted by Crippen LogP contribution is 2.26. The second kappa shape index (κ2) is 8.06. The van der Waals surface area contributed by atoms with Crippen LogP contribution in [-0.2, 0) is 17.9 Å². The monoisotopic (exact) mass is 347 g/mol. The van der Waals surface area contributed by atoms with Crippen LogP contribution in [0.5, 0.6) is 0 Å². The lowest BCUT2D eigenvalue weighted by Gasteiger charge is -2.19. The summed E-state index contributed by atoms with van der Waals surface area (Å²) >= 11 is 0. The number of halogens is 1. The summed E-state index contributed by atoms with van der Waals surface area (Å²) in [7, 11) is 0. The largest absolute Gasteiger partial charge is 0.390 e. The van der Waals surface area contributed by atoms with E-state index in [0.717, 1.165) is 12.8 Å². The third kappa shape index (κ3) is 4.33. The molecule has 0 aliphatic carbocycles. The van der Waals surface area contributed by atoms with Crippen molar-refractivity contribution in [2.24, 2.45) is 5.92 Å². The lowest BCUT2D eigenvalue weighted by molar-refractivity contribution is -0.124. The number of aryl methyl sites for hydroxylation is 1. The Bertz CT molecular complexity index is 721. The molecule has 134 valence electrons. The normalized spacial score (nSPS) is 17.0. The topological polar surface area (TPSA) is 83.3 Å². The van der Waals surface area contributed by atoms with Crippen molar-refractivity contribution in [2.45, 2.75) is 26.0 Å². The van der Waals surface area contributed by atoms with E-state index in [2.05, 4.69) is 15.6 Å². The van der Waals surface area contributed by atoms with Gasteiger partial charge < -0.3 is 15.3 Å². The van der Waals surface area contributed by atoms with Gasteiger partial charge in [-0.15, -0.1) is 5.10 Å². The average molecular weight is 347 g/mol. The molecule has 1 unspecified atom stereocenters. The zero-order chi connectivity index (χ0) is 17.6. The molecule has 3 rings (SSSR count). The van der Waals surface area contributed by atoms with Gasteiger partial charge in [-0.1, -0.05) is 17.3 Å². The highest BCUT2D eigenvalue weighted by atomic mass is 19.1. The number of carbonyl (C=O) groups excluding carboxylic acids is 1. The Hall–Kier alpha value is -2.48. The second-order valence-corrected chi connectivity index (χ2v) is 6.16. The number of nitrogens with one attached hydrogen (secondary N) is 1. The van der Waals surface area contributed by atoms with Gasteiger partial charge in [0.2, 0.25) is 5.91 Å². The summed E-state index contributed by atoms with van der Waals surface area (Å²) in [5, 5.41) is 19.5. The number of anilines is 1.